The standard InChI is InChI=1S/C10H13NO.C2H6.CH5N/c1-8(7-12)10-4-2-9(6-11)3-5-10;2*1-2/h2-5,7-8H,6,11H2,1H3;1-2H3;2H2,1H3. The van der Waals surface area contributed by atoms with E-state index in [1.54, 1.807) is 0 Å². The van der Waals surface area contributed by atoms with E-state index in [1.165, 1.54) is 7.05 Å². The minimum atomic E-state index is -0.0168. The molecule has 1 atom stereocenters. The van der Waals surface area contributed by atoms with Crippen molar-refractivity contribution in [3.05, 3.63) is 35.4 Å². The Hall–Kier alpha value is -1.19. The lowest BCUT2D eigenvalue weighted by molar-refractivity contribution is -0.108. The summed E-state index contributed by atoms with van der Waals surface area (Å²) in [6, 6.07) is 7.80. The summed E-state index contributed by atoms with van der Waals surface area (Å²) < 4.78 is 0. The molecule has 0 spiro atoms. The molecule has 0 saturated heterocycles. The number of aldehydes is 1. The van der Waals surface area contributed by atoms with Crippen LogP contribution in [0.1, 0.15) is 37.8 Å². The molecule has 0 radical (unpaired) electrons. The van der Waals surface area contributed by atoms with Crippen LogP contribution < -0.4 is 11.5 Å². The second-order valence-electron chi connectivity index (χ2n) is 2.87. The largest absolute Gasteiger partial charge is 0.333 e. The predicted octanol–water partition coefficient (Wildman–Crippen LogP) is 2.05. The number of carbonyl (C=O) groups is 1. The first kappa shape index (κ1) is 17.2. The van der Waals surface area contributed by atoms with Crippen LogP contribution in [-0.2, 0) is 11.3 Å². The fourth-order valence-electron chi connectivity index (χ4n) is 1.04. The molecule has 4 N–H and O–H groups in total. The summed E-state index contributed by atoms with van der Waals surface area (Å²) >= 11 is 0. The third-order valence-electron chi connectivity index (χ3n) is 1.95. The molecule has 16 heavy (non-hydrogen) atoms. The van der Waals surface area contributed by atoms with Gasteiger partial charge in [-0.05, 0) is 18.2 Å². The molecule has 0 heterocycles. The van der Waals surface area contributed by atoms with Gasteiger partial charge in [0.25, 0.3) is 0 Å². The zero-order valence-electron chi connectivity index (χ0n) is 10.7. The molecular weight excluding hydrogens is 200 g/mol. The van der Waals surface area contributed by atoms with Crippen molar-refractivity contribution in [1.82, 2.24) is 0 Å². The highest BCUT2D eigenvalue weighted by atomic mass is 16.1. The molecule has 3 nitrogen and oxygen atoms in total. The molecule has 0 bridgehead atoms. The fraction of sp³-hybridized carbons (Fsp3) is 0.462. The number of carbonyl (C=O) groups excluding carboxylic acids is 1. The first-order valence-electron chi connectivity index (χ1n) is 5.60. The number of benzene rings is 1. The summed E-state index contributed by atoms with van der Waals surface area (Å²) in [6.07, 6.45) is 0.942. The average Bonchev–Trinajstić information content (AvgIpc) is 2.42. The number of rotatable bonds is 3. The highest BCUT2D eigenvalue weighted by molar-refractivity contribution is 5.61. The zero-order valence-corrected chi connectivity index (χ0v) is 10.7. The van der Waals surface area contributed by atoms with Crippen molar-refractivity contribution in [2.75, 3.05) is 7.05 Å². The van der Waals surface area contributed by atoms with Crippen molar-refractivity contribution >= 4 is 6.29 Å². The van der Waals surface area contributed by atoms with E-state index in [9.17, 15) is 4.79 Å². The molecule has 0 aliphatic carbocycles. The van der Waals surface area contributed by atoms with Crippen molar-refractivity contribution in [3.63, 3.8) is 0 Å². The molecule has 1 aromatic rings. The lowest BCUT2D eigenvalue weighted by Gasteiger charge is -2.04. The van der Waals surface area contributed by atoms with Crippen molar-refractivity contribution < 1.29 is 4.79 Å². The minimum Gasteiger partial charge on any atom is -0.333 e. The van der Waals surface area contributed by atoms with E-state index in [0.717, 1.165) is 17.4 Å². The summed E-state index contributed by atoms with van der Waals surface area (Å²) in [7, 11) is 1.50. The summed E-state index contributed by atoms with van der Waals surface area (Å²) in [6.45, 7) is 6.43. The van der Waals surface area contributed by atoms with Gasteiger partial charge in [0, 0.05) is 12.5 Å². The molecule has 92 valence electrons. The van der Waals surface area contributed by atoms with Crippen molar-refractivity contribution in [2.45, 2.75) is 33.2 Å². The van der Waals surface area contributed by atoms with Gasteiger partial charge in [0.05, 0.1) is 0 Å². The quantitative estimate of drug-likeness (QED) is 0.772. The lowest BCUT2D eigenvalue weighted by Crippen LogP contribution is -1.98. The Kier molecular flexibility index (Phi) is 12.8. The van der Waals surface area contributed by atoms with Crippen LogP contribution in [0, 0.1) is 0 Å². The van der Waals surface area contributed by atoms with E-state index in [1.807, 2.05) is 45.0 Å². The van der Waals surface area contributed by atoms with E-state index < -0.39 is 0 Å². The van der Waals surface area contributed by atoms with Gasteiger partial charge in [-0.15, -0.1) is 0 Å². The van der Waals surface area contributed by atoms with Gasteiger partial charge in [-0.1, -0.05) is 45.0 Å². The first-order valence-corrected chi connectivity index (χ1v) is 5.60. The van der Waals surface area contributed by atoms with Gasteiger partial charge in [-0.25, -0.2) is 0 Å². The highest BCUT2D eigenvalue weighted by Gasteiger charge is 2.01. The van der Waals surface area contributed by atoms with Gasteiger partial charge in [-0.2, -0.15) is 0 Å². The van der Waals surface area contributed by atoms with Crippen LogP contribution in [0.2, 0.25) is 0 Å². The van der Waals surface area contributed by atoms with E-state index in [0.29, 0.717) is 6.54 Å². The summed E-state index contributed by atoms with van der Waals surface area (Å²) in [5.41, 5.74) is 12.1. The monoisotopic (exact) mass is 224 g/mol. The van der Waals surface area contributed by atoms with E-state index >= 15 is 0 Å². The summed E-state index contributed by atoms with van der Waals surface area (Å²) in [5.74, 6) is -0.0168. The van der Waals surface area contributed by atoms with Crippen molar-refractivity contribution in [3.8, 4) is 0 Å². The van der Waals surface area contributed by atoms with Gasteiger partial charge in [-0.3, -0.25) is 0 Å². The highest BCUT2D eigenvalue weighted by Crippen LogP contribution is 2.12. The van der Waals surface area contributed by atoms with Gasteiger partial charge in [0.1, 0.15) is 6.29 Å². The lowest BCUT2D eigenvalue weighted by atomic mass is 10.0. The molecule has 0 saturated carbocycles. The average molecular weight is 224 g/mol. The molecule has 1 rings (SSSR count). The van der Waals surface area contributed by atoms with E-state index in [2.05, 4.69) is 5.73 Å². The first-order chi connectivity index (χ1) is 7.77. The maximum absolute atomic E-state index is 10.4. The fourth-order valence-corrected chi connectivity index (χ4v) is 1.04. The molecule has 0 aromatic heterocycles. The van der Waals surface area contributed by atoms with Crippen molar-refractivity contribution in [2.24, 2.45) is 11.5 Å². The molecule has 1 aromatic carbocycles. The predicted molar refractivity (Wildman–Crippen MR) is 70.3 cm³/mol. The molecule has 0 aliphatic heterocycles. The Bertz CT molecular complexity index is 257. The van der Waals surface area contributed by atoms with E-state index in [4.69, 9.17) is 5.73 Å². The third-order valence-corrected chi connectivity index (χ3v) is 1.95. The normalized spacial score (nSPS) is 10.1. The Morgan fingerprint density at radius 2 is 1.62 bits per heavy atom. The Balaban J connectivity index is 0. The van der Waals surface area contributed by atoms with Crippen LogP contribution in [0.3, 0.4) is 0 Å². The van der Waals surface area contributed by atoms with Crippen LogP contribution in [0.15, 0.2) is 24.3 Å². The maximum Gasteiger partial charge on any atom is 0.127 e. The van der Waals surface area contributed by atoms with Gasteiger partial charge in [0.2, 0.25) is 0 Å². The SMILES string of the molecule is CC.CC(C=O)c1ccc(CN)cc1.CN. The Morgan fingerprint density at radius 1 is 1.19 bits per heavy atom. The summed E-state index contributed by atoms with van der Waals surface area (Å²) in [5, 5.41) is 0. The molecule has 0 aliphatic rings. The third kappa shape index (κ3) is 6.32. The van der Waals surface area contributed by atoms with Gasteiger partial charge >= 0.3 is 0 Å². The van der Waals surface area contributed by atoms with Gasteiger partial charge < -0.3 is 16.3 Å². The molecule has 3 heteroatoms. The topological polar surface area (TPSA) is 69.1 Å². The van der Waals surface area contributed by atoms with Crippen molar-refractivity contribution in [1.29, 1.82) is 0 Å². The molecule has 0 fully saturated rings. The van der Waals surface area contributed by atoms with Crippen LogP contribution in [0.5, 0.6) is 0 Å². The maximum atomic E-state index is 10.4. The number of nitrogens with two attached hydrogens (primary N) is 2. The van der Waals surface area contributed by atoms with Crippen LogP contribution in [0.4, 0.5) is 0 Å². The number of hydrogen-bond acceptors (Lipinski definition) is 3. The Labute approximate surface area is 98.8 Å². The smallest absolute Gasteiger partial charge is 0.127 e. The Morgan fingerprint density at radius 3 is 1.94 bits per heavy atom. The summed E-state index contributed by atoms with van der Waals surface area (Å²) in [4.78, 5) is 10.4. The number of hydrogen-bond donors (Lipinski definition) is 2. The zero-order chi connectivity index (χ0) is 13.0. The van der Waals surface area contributed by atoms with Gasteiger partial charge in [0.15, 0.2) is 0 Å². The van der Waals surface area contributed by atoms with Crippen LogP contribution in [0.25, 0.3) is 0 Å². The molecule has 0 amide bonds. The minimum absolute atomic E-state index is 0.0168. The molecular formula is C13H24N2O. The van der Waals surface area contributed by atoms with E-state index in [-0.39, 0.29) is 5.92 Å². The van der Waals surface area contributed by atoms with Crippen LogP contribution >= 0.6 is 0 Å². The second-order valence-corrected chi connectivity index (χ2v) is 2.87. The van der Waals surface area contributed by atoms with Crippen LogP contribution in [-0.4, -0.2) is 13.3 Å². The molecule has 1 unspecified atom stereocenters. The second kappa shape index (κ2) is 11.9.